The van der Waals surface area contributed by atoms with Crippen molar-refractivity contribution < 1.29 is 9.90 Å². The Morgan fingerprint density at radius 3 is 1.36 bits per heavy atom. The minimum atomic E-state index is -0.779. The summed E-state index contributed by atoms with van der Waals surface area (Å²) in [7, 11) is 0. The van der Waals surface area contributed by atoms with E-state index in [1.54, 1.807) is 0 Å². The van der Waals surface area contributed by atoms with E-state index in [0.717, 1.165) is 12.8 Å². The van der Waals surface area contributed by atoms with Crippen molar-refractivity contribution in [3.05, 3.63) is 0 Å². The summed E-state index contributed by atoms with van der Waals surface area (Å²) in [5, 5.41) is 8.64. The SMILES string of the molecule is CCCCCCCCCCCCCCCCCCC(N)CC(=O)O.[NaH]. The summed E-state index contributed by atoms with van der Waals surface area (Å²) in [5.41, 5.74) is 5.75. The average molecular weight is 366 g/mol. The van der Waals surface area contributed by atoms with Gasteiger partial charge in [0.1, 0.15) is 0 Å². The van der Waals surface area contributed by atoms with Crippen LogP contribution in [0.25, 0.3) is 0 Å². The van der Waals surface area contributed by atoms with Gasteiger partial charge < -0.3 is 10.8 Å². The molecule has 0 amide bonds. The molecule has 25 heavy (non-hydrogen) atoms. The van der Waals surface area contributed by atoms with E-state index in [4.69, 9.17) is 10.8 Å². The molecule has 0 saturated heterocycles. The molecule has 3 nitrogen and oxygen atoms in total. The molecular formula is C21H44NNaO2. The maximum atomic E-state index is 10.5. The summed E-state index contributed by atoms with van der Waals surface area (Å²) in [6.07, 6.45) is 22.8. The van der Waals surface area contributed by atoms with E-state index >= 15 is 0 Å². The van der Waals surface area contributed by atoms with Crippen molar-refractivity contribution in [1.82, 2.24) is 0 Å². The summed E-state index contributed by atoms with van der Waals surface area (Å²) >= 11 is 0. The fourth-order valence-electron chi connectivity index (χ4n) is 3.28. The van der Waals surface area contributed by atoms with E-state index in [9.17, 15) is 4.79 Å². The van der Waals surface area contributed by atoms with Gasteiger partial charge >= 0.3 is 35.5 Å². The van der Waals surface area contributed by atoms with Crippen molar-refractivity contribution in [1.29, 1.82) is 0 Å². The minimum absolute atomic E-state index is 0. The standard InChI is InChI=1S/C21H43NO2.Na.H/c1-2-3-4-5-6-7-8-9-10-11-12-13-14-15-16-17-18-20(22)19-21(23)24;;/h20H,2-19,22H2,1H3,(H,23,24);;. The van der Waals surface area contributed by atoms with Gasteiger partial charge in [-0.3, -0.25) is 4.79 Å². The maximum absolute atomic E-state index is 10.5. The van der Waals surface area contributed by atoms with Crippen LogP contribution in [0.2, 0.25) is 0 Å². The molecule has 4 heteroatoms. The van der Waals surface area contributed by atoms with E-state index in [2.05, 4.69) is 6.92 Å². The zero-order valence-corrected chi connectivity index (χ0v) is 16.2. The number of hydrogen-bond donors (Lipinski definition) is 2. The fourth-order valence-corrected chi connectivity index (χ4v) is 3.28. The number of carbonyl (C=O) groups is 1. The van der Waals surface area contributed by atoms with Crippen LogP contribution in [0.3, 0.4) is 0 Å². The van der Waals surface area contributed by atoms with Gasteiger partial charge in [-0.15, -0.1) is 0 Å². The molecule has 1 atom stereocenters. The molecule has 0 aliphatic carbocycles. The molecule has 0 radical (unpaired) electrons. The van der Waals surface area contributed by atoms with Crippen molar-refractivity contribution in [3.63, 3.8) is 0 Å². The average Bonchev–Trinajstić information content (AvgIpc) is 2.53. The molecule has 3 N–H and O–H groups in total. The first kappa shape index (κ1) is 27.6. The van der Waals surface area contributed by atoms with Gasteiger partial charge in [0.05, 0.1) is 6.42 Å². The first-order valence-corrected chi connectivity index (χ1v) is 10.6. The number of aliphatic carboxylic acids is 1. The van der Waals surface area contributed by atoms with Crippen LogP contribution in [0, 0.1) is 0 Å². The molecule has 0 bridgehead atoms. The number of rotatable bonds is 19. The first-order valence-electron chi connectivity index (χ1n) is 10.6. The van der Waals surface area contributed by atoms with Gasteiger partial charge in [0.25, 0.3) is 0 Å². The molecule has 146 valence electrons. The van der Waals surface area contributed by atoms with E-state index in [-0.39, 0.29) is 42.0 Å². The Morgan fingerprint density at radius 2 is 1.04 bits per heavy atom. The van der Waals surface area contributed by atoms with Crippen LogP contribution in [0.4, 0.5) is 0 Å². The summed E-state index contributed by atoms with van der Waals surface area (Å²) in [6, 6.07) is -0.158. The normalized spacial score (nSPS) is 11.9. The van der Waals surface area contributed by atoms with Crippen LogP contribution in [0.15, 0.2) is 0 Å². The Hall–Kier alpha value is 0.430. The summed E-state index contributed by atoms with van der Waals surface area (Å²) in [5.74, 6) is -0.779. The van der Waals surface area contributed by atoms with Gasteiger partial charge in [0.15, 0.2) is 0 Å². The molecule has 0 saturated carbocycles. The Morgan fingerprint density at radius 1 is 0.720 bits per heavy atom. The van der Waals surface area contributed by atoms with Crippen LogP contribution in [0.5, 0.6) is 0 Å². The molecule has 0 heterocycles. The van der Waals surface area contributed by atoms with E-state index in [1.807, 2.05) is 0 Å². The van der Waals surface area contributed by atoms with Crippen LogP contribution < -0.4 is 5.73 Å². The number of carboxylic acids is 1. The number of carboxylic acid groups (broad SMARTS) is 1. The van der Waals surface area contributed by atoms with Gasteiger partial charge in [-0.25, -0.2) is 0 Å². The first-order chi connectivity index (χ1) is 11.7. The van der Waals surface area contributed by atoms with Crippen molar-refractivity contribution >= 4 is 35.5 Å². The quantitative estimate of drug-likeness (QED) is 0.225. The Balaban J connectivity index is 0. The third-order valence-electron chi connectivity index (χ3n) is 4.87. The molecule has 0 aromatic heterocycles. The molecule has 0 aromatic rings. The number of nitrogens with two attached hydrogens (primary N) is 1. The Bertz CT molecular complexity index is 275. The molecule has 0 rings (SSSR count). The number of unbranched alkanes of at least 4 members (excludes halogenated alkanes) is 15. The second-order valence-electron chi connectivity index (χ2n) is 7.45. The molecule has 0 spiro atoms. The van der Waals surface area contributed by atoms with Gasteiger partial charge in [0, 0.05) is 6.04 Å². The van der Waals surface area contributed by atoms with Crippen LogP contribution in [-0.2, 0) is 4.79 Å². The summed E-state index contributed by atoms with van der Waals surface area (Å²) < 4.78 is 0. The van der Waals surface area contributed by atoms with Crippen LogP contribution in [0.1, 0.15) is 122 Å². The monoisotopic (exact) mass is 365 g/mol. The van der Waals surface area contributed by atoms with Crippen molar-refractivity contribution in [2.75, 3.05) is 0 Å². The van der Waals surface area contributed by atoms with Crippen molar-refractivity contribution in [2.45, 2.75) is 129 Å². The predicted octanol–water partition coefficient (Wildman–Crippen LogP) is 5.79. The molecular weight excluding hydrogens is 321 g/mol. The third-order valence-corrected chi connectivity index (χ3v) is 4.87. The Kier molecular flexibility index (Phi) is 24.9. The predicted molar refractivity (Wildman–Crippen MR) is 112 cm³/mol. The second-order valence-corrected chi connectivity index (χ2v) is 7.45. The zero-order chi connectivity index (χ0) is 17.9. The van der Waals surface area contributed by atoms with Gasteiger partial charge in [0.2, 0.25) is 0 Å². The molecule has 1 unspecified atom stereocenters. The van der Waals surface area contributed by atoms with Crippen molar-refractivity contribution in [2.24, 2.45) is 5.73 Å². The van der Waals surface area contributed by atoms with Crippen molar-refractivity contribution in [3.8, 4) is 0 Å². The van der Waals surface area contributed by atoms with E-state index in [0.29, 0.717) is 0 Å². The fraction of sp³-hybridized carbons (Fsp3) is 0.952. The third kappa shape index (κ3) is 24.4. The zero-order valence-electron chi connectivity index (χ0n) is 16.2. The second kappa shape index (κ2) is 22.5. The topological polar surface area (TPSA) is 63.3 Å². The Labute approximate surface area is 179 Å². The van der Waals surface area contributed by atoms with Gasteiger partial charge in [-0.2, -0.15) is 0 Å². The van der Waals surface area contributed by atoms with Gasteiger partial charge in [-0.05, 0) is 6.42 Å². The number of hydrogen-bond acceptors (Lipinski definition) is 2. The molecule has 0 aromatic carbocycles. The van der Waals surface area contributed by atoms with Crippen LogP contribution >= 0.6 is 0 Å². The summed E-state index contributed by atoms with van der Waals surface area (Å²) in [4.78, 5) is 10.5. The van der Waals surface area contributed by atoms with Gasteiger partial charge in [-0.1, -0.05) is 110 Å². The molecule has 0 aliphatic heterocycles. The molecule has 0 aliphatic rings. The summed E-state index contributed by atoms with van der Waals surface area (Å²) in [6.45, 7) is 2.28. The molecule has 0 fully saturated rings. The van der Waals surface area contributed by atoms with E-state index < -0.39 is 5.97 Å². The van der Waals surface area contributed by atoms with Crippen LogP contribution in [-0.4, -0.2) is 46.7 Å². The van der Waals surface area contributed by atoms with E-state index in [1.165, 1.54) is 96.3 Å².